The third-order valence-electron chi connectivity index (χ3n) is 6.42. The van der Waals surface area contributed by atoms with Gasteiger partial charge in [-0.3, -0.25) is 14.5 Å². The summed E-state index contributed by atoms with van der Waals surface area (Å²) in [4.78, 5) is 29.3. The van der Waals surface area contributed by atoms with E-state index in [0.717, 1.165) is 38.2 Å². The molecular formula is C24H27Cl2N3O3. The molecule has 2 amide bonds. The lowest BCUT2D eigenvalue weighted by molar-refractivity contribution is -0.129. The molecule has 4 rings (SSSR count). The highest BCUT2D eigenvalue weighted by Crippen LogP contribution is 2.31. The first-order valence-electron chi connectivity index (χ1n) is 10.8. The van der Waals surface area contributed by atoms with Crippen LogP contribution in [0.3, 0.4) is 0 Å². The molecule has 0 bridgehead atoms. The summed E-state index contributed by atoms with van der Waals surface area (Å²) >= 11 is 11.9. The predicted octanol–water partition coefficient (Wildman–Crippen LogP) is 3.82. The fraction of sp³-hybridized carbons (Fsp3) is 0.417. The highest BCUT2D eigenvalue weighted by molar-refractivity contribution is 6.42. The van der Waals surface area contributed by atoms with Crippen molar-refractivity contribution in [3.05, 3.63) is 63.6 Å². The largest absolute Gasteiger partial charge is 0.497 e. The molecule has 0 radical (unpaired) electrons. The molecule has 2 aromatic carbocycles. The van der Waals surface area contributed by atoms with E-state index in [1.54, 1.807) is 19.2 Å². The summed E-state index contributed by atoms with van der Waals surface area (Å²) in [7, 11) is 1.68. The molecule has 0 saturated carbocycles. The molecule has 0 aromatic heterocycles. The molecule has 0 aliphatic carbocycles. The Kier molecular flexibility index (Phi) is 7.23. The molecule has 1 N–H and O–H groups in total. The maximum Gasteiger partial charge on any atom is 0.251 e. The molecule has 32 heavy (non-hydrogen) atoms. The van der Waals surface area contributed by atoms with Crippen molar-refractivity contribution in [1.82, 2.24) is 15.1 Å². The van der Waals surface area contributed by atoms with Gasteiger partial charge >= 0.3 is 0 Å². The van der Waals surface area contributed by atoms with E-state index in [1.165, 1.54) is 11.6 Å². The van der Waals surface area contributed by atoms with Crippen LogP contribution >= 0.6 is 23.2 Å². The van der Waals surface area contributed by atoms with Crippen molar-refractivity contribution >= 4 is 35.0 Å². The van der Waals surface area contributed by atoms with E-state index in [2.05, 4.69) is 22.3 Å². The second kappa shape index (κ2) is 10.1. The molecule has 2 heterocycles. The molecule has 2 atom stereocenters. The van der Waals surface area contributed by atoms with Crippen LogP contribution in [0.4, 0.5) is 0 Å². The second-order valence-corrected chi connectivity index (χ2v) is 9.16. The van der Waals surface area contributed by atoms with Gasteiger partial charge in [0.1, 0.15) is 5.75 Å². The standard InChI is InChI=1S/C24H27Cl2N3O3/c1-32-20-5-2-16(3-6-20)18-8-10-28(14-18)19-9-11-29(15-19)23(30)13-27-24(31)17-4-7-21(25)22(26)12-17/h2-7,12,18-19H,8-11,13-15H2,1H3,(H,27,31). The lowest BCUT2D eigenvalue weighted by Crippen LogP contribution is -2.41. The van der Waals surface area contributed by atoms with Gasteiger partial charge in [0, 0.05) is 31.2 Å². The zero-order valence-electron chi connectivity index (χ0n) is 18.0. The molecule has 2 aromatic rings. The topological polar surface area (TPSA) is 61.9 Å². The average Bonchev–Trinajstić information content (AvgIpc) is 3.49. The number of rotatable bonds is 6. The molecule has 2 aliphatic rings. The summed E-state index contributed by atoms with van der Waals surface area (Å²) < 4.78 is 5.25. The lowest BCUT2D eigenvalue weighted by Gasteiger charge is -2.24. The van der Waals surface area contributed by atoms with Crippen molar-refractivity contribution < 1.29 is 14.3 Å². The maximum absolute atomic E-state index is 12.6. The predicted molar refractivity (Wildman–Crippen MR) is 126 cm³/mol. The van der Waals surface area contributed by atoms with Gasteiger partial charge in [-0.05, 0) is 61.2 Å². The number of methoxy groups -OCH3 is 1. The molecular weight excluding hydrogens is 449 g/mol. The lowest BCUT2D eigenvalue weighted by atomic mass is 9.98. The minimum absolute atomic E-state index is 0.0275. The van der Waals surface area contributed by atoms with Crippen LogP contribution in [-0.2, 0) is 4.79 Å². The maximum atomic E-state index is 12.6. The van der Waals surface area contributed by atoms with Crippen molar-refractivity contribution in [1.29, 1.82) is 0 Å². The van der Waals surface area contributed by atoms with E-state index in [4.69, 9.17) is 27.9 Å². The smallest absolute Gasteiger partial charge is 0.251 e. The van der Waals surface area contributed by atoms with Crippen molar-refractivity contribution in [3.8, 4) is 5.75 Å². The van der Waals surface area contributed by atoms with Gasteiger partial charge in [-0.25, -0.2) is 0 Å². The van der Waals surface area contributed by atoms with Crippen molar-refractivity contribution in [2.75, 3.05) is 39.8 Å². The Bertz CT molecular complexity index is 983. The van der Waals surface area contributed by atoms with Crippen molar-refractivity contribution in [2.45, 2.75) is 24.8 Å². The first-order valence-corrected chi connectivity index (χ1v) is 11.6. The van der Waals surface area contributed by atoms with E-state index in [1.807, 2.05) is 17.0 Å². The number of hydrogen-bond acceptors (Lipinski definition) is 4. The average molecular weight is 476 g/mol. The molecule has 170 valence electrons. The number of ether oxygens (including phenoxy) is 1. The number of carbonyl (C=O) groups excluding carboxylic acids is 2. The Morgan fingerprint density at radius 3 is 2.53 bits per heavy atom. The molecule has 6 nitrogen and oxygen atoms in total. The fourth-order valence-electron chi connectivity index (χ4n) is 4.54. The van der Waals surface area contributed by atoms with Crippen LogP contribution in [0.2, 0.25) is 10.0 Å². The minimum Gasteiger partial charge on any atom is -0.497 e. The number of nitrogens with zero attached hydrogens (tertiary/aromatic N) is 2. The van der Waals surface area contributed by atoms with Crippen molar-refractivity contribution in [3.63, 3.8) is 0 Å². The third-order valence-corrected chi connectivity index (χ3v) is 7.16. The number of hydrogen-bond donors (Lipinski definition) is 1. The molecule has 2 fully saturated rings. The first-order chi connectivity index (χ1) is 15.4. The van der Waals surface area contributed by atoms with E-state index >= 15 is 0 Å². The Hall–Kier alpha value is -2.28. The summed E-state index contributed by atoms with van der Waals surface area (Å²) in [5, 5.41) is 3.39. The van der Waals surface area contributed by atoms with Crippen LogP contribution in [0.15, 0.2) is 42.5 Å². The second-order valence-electron chi connectivity index (χ2n) is 8.35. The summed E-state index contributed by atoms with van der Waals surface area (Å²) in [6, 6.07) is 13.4. The highest BCUT2D eigenvalue weighted by Gasteiger charge is 2.34. The third kappa shape index (κ3) is 5.20. The van der Waals surface area contributed by atoms with Gasteiger partial charge in [0.2, 0.25) is 5.91 Å². The van der Waals surface area contributed by atoms with E-state index in [9.17, 15) is 9.59 Å². The van der Waals surface area contributed by atoms with Gasteiger partial charge in [0.25, 0.3) is 5.91 Å². The summed E-state index contributed by atoms with van der Waals surface area (Å²) in [5.74, 6) is 0.984. The minimum atomic E-state index is -0.338. The Morgan fingerprint density at radius 2 is 1.81 bits per heavy atom. The van der Waals surface area contributed by atoms with Crippen LogP contribution in [0.1, 0.15) is 34.7 Å². The Morgan fingerprint density at radius 1 is 1.03 bits per heavy atom. The zero-order chi connectivity index (χ0) is 22.7. The summed E-state index contributed by atoms with van der Waals surface area (Å²) in [6.45, 7) is 3.44. The Balaban J connectivity index is 1.25. The summed E-state index contributed by atoms with van der Waals surface area (Å²) in [6.07, 6.45) is 2.08. The Labute approximate surface area is 198 Å². The first kappa shape index (κ1) is 22.9. The van der Waals surface area contributed by atoms with Crippen LogP contribution < -0.4 is 10.1 Å². The van der Waals surface area contributed by atoms with Crippen LogP contribution in [-0.4, -0.2) is 67.5 Å². The molecule has 0 spiro atoms. The summed E-state index contributed by atoms with van der Waals surface area (Å²) in [5.41, 5.74) is 1.72. The monoisotopic (exact) mass is 475 g/mol. The quantitative estimate of drug-likeness (QED) is 0.689. The molecule has 2 saturated heterocycles. The van der Waals surface area contributed by atoms with E-state index in [0.29, 0.717) is 34.1 Å². The molecule has 2 aliphatic heterocycles. The SMILES string of the molecule is COc1ccc(C2CCN(C3CCN(C(=O)CNC(=O)c4ccc(Cl)c(Cl)c4)C3)C2)cc1. The fourth-order valence-corrected chi connectivity index (χ4v) is 4.84. The number of halogens is 2. The van der Waals surface area contributed by atoms with Crippen molar-refractivity contribution in [2.24, 2.45) is 0 Å². The number of likely N-dealkylation sites (tertiary alicyclic amines) is 2. The van der Waals surface area contributed by atoms with Gasteiger partial charge in [0.05, 0.1) is 23.7 Å². The van der Waals surface area contributed by atoms with E-state index in [-0.39, 0.29) is 18.4 Å². The normalized spacial score (nSPS) is 21.0. The zero-order valence-corrected chi connectivity index (χ0v) is 19.5. The van der Waals surface area contributed by atoms with E-state index < -0.39 is 0 Å². The number of carbonyl (C=O) groups is 2. The van der Waals surface area contributed by atoms with Gasteiger partial charge in [-0.2, -0.15) is 0 Å². The highest BCUT2D eigenvalue weighted by atomic mass is 35.5. The molecule has 2 unspecified atom stereocenters. The van der Waals surface area contributed by atoms with Gasteiger partial charge in [-0.15, -0.1) is 0 Å². The van der Waals surface area contributed by atoms with Gasteiger partial charge < -0.3 is 15.0 Å². The van der Waals surface area contributed by atoms with Crippen LogP contribution in [0.5, 0.6) is 5.75 Å². The van der Waals surface area contributed by atoms with Crippen LogP contribution in [0.25, 0.3) is 0 Å². The van der Waals surface area contributed by atoms with Crippen LogP contribution in [0, 0.1) is 0 Å². The number of amides is 2. The van der Waals surface area contributed by atoms with Gasteiger partial charge in [-0.1, -0.05) is 35.3 Å². The van der Waals surface area contributed by atoms with Gasteiger partial charge in [0.15, 0.2) is 0 Å². The number of benzene rings is 2. The molecule has 8 heteroatoms. The number of nitrogens with one attached hydrogen (secondary N) is 1.